The van der Waals surface area contributed by atoms with Gasteiger partial charge in [0.05, 0.1) is 38.0 Å². The predicted octanol–water partition coefficient (Wildman–Crippen LogP) is 4.79. The van der Waals surface area contributed by atoms with Crippen molar-refractivity contribution in [1.29, 1.82) is 0 Å². The van der Waals surface area contributed by atoms with E-state index in [2.05, 4.69) is 0 Å². The van der Waals surface area contributed by atoms with Gasteiger partial charge in [-0.1, -0.05) is 23.8 Å². The summed E-state index contributed by atoms with van der Waals surface area (Å²) < 4.78 is 105. The molecule has 0 radical (unpaired) electrons. The van der Waals surface area contributed by atoms with E-state index in [1.807, 2.05) is 13.8 Å². The van der Waals surface area contributed by atoms with Gasteiger partial charge in [-0.2, -0.15) is 25.3 Å². The first-order valence-electron chi connectivity index (χ1n) is 13.0. The minimum atomic E-state index is -4.15. The van der Waals surface area contributed by atoms with Crippen LogP contribution in [0.5, 0.6) is 34.5 Å². The molecule has 15 heteroatoms. The Morgan fingerprint density at radius 3 is 1.80 bits per heavy atom. The summed E-state index contributed by atoms with van der Waals surface area (Å²) in [4.78, 5) is 0. The van der Waals surface area contributed by atoms with Crippen molar-refractivity contribution in [2.24, 2.45) is 0 Å². The summed E-state index contributed by atoms with van der Waals surface area (Å²) >= 11 is 0. The van der Waals surface area contributed by atoms with E-state index in [4.69, 9.17) is 26.8 Å². The number of ether oxygens (including phenoxy) is 3. The van der Waals surface area contributed by atoms with Crippen LogP contribution in [-0.2, 0) is 30.4 Å². The fourth-order valence-electron chi connectivity index (χ4n) is 3.96. The molecular weight excluding hydrogens is 637 g/mol. The first-order chi connectivity index (χ1) is 20.4. The molecule has 0 unspecified atom stereocenters. The van der Waals surface area contributed by atoms with Gasteiger partial charge < -0.3 is 26.8 Å². The van der Waals surface area contributed by atoms with Crippen molar-refractivity contribution in [2.45, 2.75) is 20.8 Å². The molecule has 44 heavy (non-hydrogen) atoms. The quantitative estimate of drug-likeness (QED) is 0.171. The van der Waals surface area contributed by atoms with Gasteiger partial charge in [-0.25, -0.2) is 0 Å². The van der Waals surface area contributed by atoms with E-state index in [1.54, 1.807) is 37.3 Å². The van der Waals surface area contributed by atoms with Crippen molar-refractivity contribution in [3.8, 4) is 56.8 Å². The van der Waals surface area contributed by atoms with Crippen molar-refractivity contribution < 1.29 is 52.0 Å². The molecule has 3 aromatic carbocycles. The zero-order valence-corrected chi connectivity index (χ0v) is 27.7. The maximum Gasteiger partial charge on any atom is 0.306 e. The minimum Gasteiger partial charge on any atom is -0.496 e. The number of hydrogen-bond donors (Lipinski definition) is 0. The van der Waals surface area contributed by atoms with E-state index in [1.165, 1.54) is 31.4 Å². The topological polar surface area (TPSA) is 158 Å². The van der Waals surface area contributed by atoms with Gasteiger partial charge in [-0.05, 0) is 68.3 Å². The van der Waals surface area contributed by atoms with E-state index >= 15 is 0 Å². The molecule has 0 saturated heterocycles. The van der Waals surface area contributed by atoms with Gasteiger partial charge in [-0.15, -0.1) is 0 Å². The number of methoxy groups -OCH3 is 1. The van der Waals surface area contributed by atoms with Crippen molar-refractivity contribution in [3.05, 3.63) is 60.2 Å². The highest BCUT2D eigenvalue weighted by Crippen LogP contribution is 2.52. The highest BCUT2D eigenvalue weighted by atomic mass is 32.2. The highest BCUT2D eigenvalue weighted by Gasteiger charge is 2.28. The second-order valence-corrected chi connectivity index (χ2v) is 14.5. The van der Waals surface area contributed by atoms with Gasteiger partial charge in [0.15, 0.2) is 23.0 Å². The molecule has 12 nitrogen and oxygen atoms in total. The van der Waals surface area contributed by atoms with Crippen LogP contribution in [0.2, 0.25) is 0 Å². The lowest BCUT2D eigenvalue weighted by atomic mass is 9.96. The van der Waals surface area contributed by atoms with E-state index in [9.17, 15) is 25.3 Å². The predicted molar refractivity (Wildman–Crippen MR) is 166 cm³/mol. The van der Waals surface area contributed by atoms with Gasteiger partial charge in [0, 0.05) is 5.56 Å². The fraction of sp³-hybridized carbons (Fsp3) is 0.310. The zero-order chi connectivity index (χ0) is 32.9. The van der Waals surface area contributed by atoms with Crippen LogP contribution in [0.4, 0.5) is 0 Å². The maximum absolute atomic E-state index is 12.5. The molecule has 240 valence electrons. The molecule has 0 spiro atoms. The van der Waals surface area contributed by atoms with Gasteiger partial charge in [0.25, 0.3) is 0 Å². The van der Waals surface area contributed by atoms with Crippen LogP contribution in [0, 0.1) is 0 Å². The van der Waals surface area contributed by atoms with Crippen LogP contribution < -0.4 is 26.8 Å². The molecule has 0 amide bonds. The lowest BCUT2D eigenvalue weighted by molar-refractivity contribution is 0.328. The fourth-order valence-corrected chi connectivity index (χ4v) is 5.34. The maximum atomic E-state index is 12.5. The molecule has 0 aromatic heterocycles. The van der Waals surface area contributed by atoms with Crippen LogP contribution in [0.3, 0.4) is 0 Å². The van der Waals surface area contributed by atoms with Crippen molar-refractivity contribution in [3.63, 3.8) is 0 Å². The molecule has 0 N–H and O–H groups in total. The van der Waals surface area contributed by atoms with E-state index < -0.39 is 30.4 Å². The summed E-state index contributed by atoms with van der Waals surface area (Å²) in [5, 5.41) is 0. The third-order valence-corrected chi connectivity index (χ3v) is 7.01. The summed E-state index contributed by atoms with van der Waals surface area (Å²) in [7, 11) is -10.5. The van der Waals surface area contributed by atoms with Crippen molar-refractivity contribution >= 4 is 30.4 Å². The van der Waals surface area contributed by atoms with Crippen LogP contribution in [-0.4, -0.2) is 64.3 Å². The van der Waals surface area contributed by atoms with Crippen molar-refractivity contribution in [2.75, 3.05) is 39.1 Å². The third-order valence-electron chi connectivity index (χ3n) is 5.56. The van der Waals surface area contributed by atoms with Gasteiger partial charge in [0.1, 0.15) is 18.1 Å². The van der Waals surface area contributed by atoms with Crippen LogP contribution in [0.25, 0.3) is 22.3 Å². The Morgan fingerprint density at radius 2 is 1.27 bits per heavy atom. The summed E-state index contributed by atoms with van der Waals surface area (Å²) in [6, 6.07) is 11.9. The molecular formula is C29H34O12S3. The molecule has 3 aromatic rings. The normalized spacial score (nSPS) is 11.8. The van der Waals surface area contributed by atoms with Gasteiger partial charge >= 0.3 is 30.4 Å². The zero-order valence-electron chi connectivity index (χ0n) is 25.2. The number of benzene rings is 3. The van der Waals surface area contributed by atoms with Crippen LogP contribution in [0.15, 0.2) is 60.2 Å². The lowest BCUT2D eigenvalue weighted by Crippen LogP contribution is -2.10. The summed E-state index contributed by atoms with van der Waals surface area (Å²) in [5.41, 5.74) is 2.21. The molecule has 0 fully saturated rings. The smallest absolute Gasteiger partial charge is 0.306 e. The van der Waals surface area contributed by atoms with E-state index in [0.717, 1.165) is 24.3 Å². The molecule has 3 rings (SSSR count). The Morgan fingerprint density at radius 1 is 0.682 bits per heavy atom. The third kappa shape index (κ3) is 9.79. The van der Waals surface area contributed by atoms with Crippen molar-refractivity contribution in [1.82, 2.24) is 0 Å². The van der Waals surface area contributed by atoms with Crippen LogP contribution in [0.1, 0.15) is 20.8 Å². The molecule has 0 saturated carbocycles. The minimum absolute atomic E-state index is 0.0278. The molecule has 0 heterocycles. The number of rotatable bonds is 14. The average molecular weight is 671 g/mol. The standard InChI is InChI=1S/C29H34O12S3/c1-8-37-28-23(20-9-12-22(13-10-20)39-42(5,30)31)18-26(36-4)27(29(28)41-44(7,34)35)21-11-14-24(38-16-15-19(2)3)25(17-21)40-43(6,32)33/h9-15,17-18H,8,16H2,1-7H3. The molecule has 0 atom stereocenters. The molecule has 0 bridgehead atoms. The average Bonchev–Trinajstić information content (AvgIpc) is 2.88. The second kappa shape index (κ2) is 13.8. The number of hydrogen-bond acceptors (Lipinski definition) is 12. The second-order valence-electron chi connectivity index (χ2n) is 9.73. The first kappa shape index (κ1) is 34.5. The Balaban J connectivity index is 2.33. The summed E-state index contributed by atoms with van der Waals surface area (Å²) in [6.07, 6.45) is 4.46. The van der Waals surface area contributed by atoms with E-state index in [-0.39, 0.29) is 58.8 Å². The summed E-state index contributed by atoms with van der Waals surface area (Å²) in [5.74, 6) is -0.0243. The van der Waals surface area contributed by atoms with Gasteiger partial charge in [-0.3, -0.25) is 0 Å². The monoisotopic (exact) mass is 670 g/mol. The Hall–Kier alpha value is -3.95. The largest absolute Gasteiger partial charge is 0.496 e. The highest BCUT2D eigenvalue weighted by molar-refractivity contribution is 7.86. The lowest BCUT2D eigenvalue weighted by Gasteiger charge is -2.22. The van der Waals surface area contributed by atoms with E-state index in [0.29, 0.717) is 11.1 Å². The number of allylic oxidation sites excluding steroid dienone is 1. The first-order valence-corrected chi connectivity index (χ1v) is 18.4. The van der Waals surface area contributed by atoms with Crippen LogP contribution >= 0.6 is 0 Å². The van der Waals surface area contributed by atoms with Gasteiger partial charge in [0.2, 0.25) is 0 Å². The Labute approximate surface area is 258 Å². The Kier molecular flexibility index (Phi) is 10.8. The summed E-state index contributed by atoms with van der Waals surface area (Å²) in [6.45, 7) is 5.71. The molecule has 0 aliphatic rings. The SMILES string of the molecule is CCOc1c(-c2ccc(OS(C)(=O)=O)cc2)cc(OC)c(-c2ccc(OCC=C(C)C)c(OS(C)(=O)=O)c2)c1OS(C)(=O)=O. The Bertz CT molecular complexity index is 1860. The molecule has 0 aliphatic heterocycles. The molecule has 0 aliphatic carbocycles.